The minimum Gasteiger partial charge on any atom is -0.347 e. The van der Waals surface area contributed by atoms with Gasteiger partial charge >= 0.3 is 0 Å². The minimum atomic E-state index is -1.01. The van der Waals surface area contributed by atoms with E-state index < -0.39 is 64.9 Å². The van der Waals surface area contributed by atoms with Crippen LogP contribution in [-0.4, -0.2) is 86.9 Å². The van der Waals surface area contributed by atoms with E-state index in [0.29, 0.717) is 19.4 Å². The zero-order valence-electron chi connectivity index (χ0n) is 29.7. The number of piperidine rings is 1. The van der Waals surface area contributed by atoms with Crippen LogP contribution < -0.4 is 21.3 Å². The Bertz CT molecular complexity index is 1430. The first kappa shape index (κ1) is 36.4. The molecule has 49 heavy (non-hydrogen) atoms. The molecular formula is C36H53N7O6. The first-order chi connectivity index (χ1) is 23.1. The molecule has 4 fully saturated rings. The molecule has 13 heteroatoms. The zero-order valence-corrected chi connectivity index (χ0v) is 29.7. The molecular weight excluding hydrogens is 626 g/mol. The van der Waals surface area contributed by atoms with Crippen molar-refractivity contribution in [3.8, 4) is 0 Å². The molecule has 1 aromatic heterocycles. The molecule has 0 bridgehead atoms. The predicted octanol–water partition coefficient (Wildman–Crippen LogP) is 2.30. The van der Waals surface area contributed by atoms with E-state index in [1.807, 2.05) is 27.7 Å². The molecule has 0 spiro atoms. The van der Waals surface area contributed by atoms with Gasteiger partial charge in [-0.2, -0.15) is 0 Å². The van der Waals surface area contributed by atoms with Crippen molar-refractivity contribution in [1.29, 1.82) is 0 Å². The summed E-state index contributed by atoms with van der Waals surface area (Å²) in [5.41, 5.74) is -0.843. The smallest absolute Gasteiger partial charge is 0.289 e. The number of nitrogens with zero attached hydrogens (tertiary/aromatic N) is 3. The lowest BCUT2D eigenvalue weighted by atomic mass is 9.82. The van der Waals surface area contributed by atoms with Gasteiger partial charge in [-0.05, 0) is 60.7 Å². The molecule has 4 aliphatic rings. The predicted molar refractivity (Wildman–Crippen MR) is 181 cm³/mol. The molecule has 3 saturated carbocycles. The maximum atomic E-state index is 14.5. The molecule has 6 atom stereocenters. The molecule has 2 heterocycles. The fourth-order valence-corrected chi connectivity index (χ4v) is 7.81. The van der Waals surface area contributed by atoms with Gasteiger partial charge in [0.05, 0.1) is 12.2 Å². The lowest BCUT2D eigenvalue weighted by Gasteiger charge is -2.39. The highest BCUT2D eigenvalue weighted by Gasteiger charge is 2.70. The summed E-state index contributed by atoms with van der Waals surface area (Å²) >= 11 is 0. The van der Waals surface area contributed by atoms with Crippen LogP contribution in [0, 0.1) is 28.6 Å². The van der Waals surface area contributed by atoms with E-state index in [4.69, 9.17) is 0 Å². The van der Waals surface area contributed by atoms with Crippen LogP contribution in [0.15, 0.2) is 18.6 Å². The normalized spacial score (nSPS) is 24.9. The van der Waals surface area contributed by atoms with E-state index >= 15 is 0 Å². The molecule has 5 amide bonds. The SMILES string of the molecule is CCCC(NC(=O)C1C2C(CN1C(=O)C(NC(=O)C(NC(=O)c1cnccn1)C1CCCCC1)C(C)(C)C)C2(C)C)C(=O)C(=O)NC1CC1. The standard InChI is InChI=1S/C36H53N7O6/c1-7-11-23(28(44)33(48)39-21-14-15-21)40-32(47)27-25-22(36(25,5)6)19-43(27)34(49)29(35(2,3)4)42-31(46)26(20-12-9-8-10-13-20)41-30(45)24-18-37-16-17-38-24/h16-18,20-23,25-27,29H,7-15,19H2,1-6H3,(H,39,48)(H,40,47)(H,41,45)(H,42,46). The number of nitrogens with one attached hydrogen (secondary N) is 4. The highest BCUT2D eigenvalue weighted by Crippen LogP contribution is 2.65. The van der Waals surface area contributed by atoms with Gasteiger partial charge in [-0.15, -0.1) is 0 Å². The van der Waals surface area contributed by atoms with Crippen LogP contribution >= 0.6 is 0 Å². The number of Topliss-reactive ketones (excluding diaryl/α,β-unsaturated/α-hetero) is 1. The van der Waals surface area contributed by atoms with E-state index in [1.54, 1.807) is 4.90 Å². The van der Waals surface area contributed by atoms with Crippen molar-refractivity contribution in [3.63, 3.8) is 0 Å². The van der Waals surface area contributed by atoms with Crippen molar-refractivity contribution < 1.29 is 28.8 Å². The quantitative estimate of drug-likeness (QED) is 0.229. The molecule has 6 unspecified atom stereocenters. The number of carbonyl (C=O) groups is 6. The molecule has 4 N–H and O–H groups in total. The van der Waals surface area contributed by atoms with Gasteiger partial charge in [0, 0.05) is 25.0 Å². The molecule has 13 nitrogen and oxygen atoms in total. The molecule has 1 aliphatic heterocycles. The third-order valence-electron chi connectivity index (χ3n) is 11.0. The number of amides is 5. The van der Waals surface area contributed by atoms with Crippen LogP contribution in [0.1, 0.15) is 110 Å². The van der Waals surface area contributed by atoms with E-state index in [-0.39, 0.29) is 34.9 Å². The van der Waals surface area contributed by atoms with Gasteiger partial charge in [0.25, 0.3) is 11.8 Å². The second kappa shape index (κ2) is 14.5. The first-order valence-electron chi connectivity index (χ1n) is 18.0. The lowest BCUT2D eigenvalue weighted by Crippen LogP contribution is -2.63. The van der Waals surface area contributed by atoms with Crippen LogP contribution in [0.4, 0.5) is 0 Å². The molecule has 0 radical (unpaired) electrons. The number of carbonyl (C=O) groups excluding carboxylic acids is 6. The number of hydrogen-bond donors (Lipinski definition) is 4. The van der Waals surface area contributed by atoms with Crippen molar-refractivity contribution in [3.05, 3.63) is 24.3 Å². The molecule has 1 saturated heterocycles. The largest absolute Gasteiger partial charge is 0.347 e. The highest BCUT2D eigenvalue weighted by atomic mass is 16.2. The van der Waals surface area contributed by atoms with Gasteiger partial charge in [0.1, 0.15) is 23.8 Å². The first-order valence-corrected chi connectivity index (χ1v) is 18.0. The number of hydrogen-bond acceptors (Lipinski definition) is 8. The summed E-state index contributed by atoms with van der Waals surface area (Å²) in [6, 6.07) is -3.75. The van der Waals surface area contributed by atoms with Crippen molar-refractivity contribution in [2.24, 2.45) is 28.6 Å². The van der Waals surface area contributed by atoms with Crippen LogP contribution in [0.5, 0.6) is 0 Å². The maximum absolute atomic E-state index is 14.5. The maximum Gasteiger partial charge on any atom is 0.289 e. The molecule has 3 aliphatic carbocycles. The van der Waals surface area contributed by atoms with Gasteiger partial charge in [-0.3, -0.25) is 33.8 Å². The fourth-order valence-electron chi connectivity index (χ4n) is 7.81. The van der Waals surface area contributed by atoms with Crippen LogP contribution in [0.3, 0.4) is 0 Å². The van der Waals surface area contributed by atoms with Gasteiger partial charge < -0.3 is 26.2 Å². The molecule has 268 valence electrons. The summed E-state index contributed by atoms with van der Waals surface area (Å²) in [7, 11) is 0. The Kier molecular flexibility index (Phi) is 10.8. The second-order valence-corrected chi connectivity index (χ2v) is 16.1. The number of ketones is 1. The van der Waals surface area contributed by atoms with E-state index in [9.17, 15) is 28.8 Å². The number of aromatic nitrogens is 2. The summed E-state index contributed by atoms with van der Waals surface area (Å²) in [5.74, 6) is -3.38. The Morgan fingerprint density at radius 3 is 2.24 bits per heavy atom. The van der Waals surface area contributed by atoms with Crippen molar-refractivity contribution in [2.75, 3.05) is 6.54 Å². The average Bonchev–Trinajstić information content (AvgIpc) is 3.92. The third-order valence-corrected chi connectivity index (χ3v) is 11.0. The Morgan fingerprint density at radius 1 is 0.959 bits per heavy atom. The summed E-state index contributed by atoms with van der Waals surface area (Å²) in [5, 5.41) is 11.4. The van der Waals surface area contributed by atoms with Gasteiger partial charge in [-0.25, -0.2) is 4.98 Å². The zero-order chi connectivity index (χ0) is 35.7. The summed E-state index contributed by atoms with van der Waals surface area (Å²) in [6.07, 6.45) is 11.2. The van der Waals surface area contributed by atoms with Gasteiger partial charge in [0.2, 0.25) is 23.5 Å². The van der Waals surface area contributed by atoms with Crippen LogP contribution in [-0.2, 0) is 24.0 Å². The molecule has 1 aromatic rings. The fraction of sp³-hybridized carbons (Fsp3) is 0.722. The van der Waals surface area contributed by atoms with E-state index in [2.05, 4.69) is 45.1 Å². The number of likely N-dealkylation sites (tertiary alicyclic amines) is 1. The second-order valence-electron chi connectivity index (χ2n) is 16.1. The van der Waals surface area contributed by atoms with E-state index in [0.717, 1.165) is 44.9 Å². The molecule has 0 aromatic carbocycles. The van der Waals surface area contributed by atoms with Crippen molar-refractivity contribution >= 4 is 35.3 Å². The van der Waals surface area contributed by atoms with Gasteiger partial charge in [-0.1, -0.05) is 67.2 Å². The monoisotopic (exact) mass is 679 g/mol. The third kappa shape index (κ3) is 8.12. The summed E-state index contributed by atoms with van der Waals surface area (Å²) in [4.78, 5) is 91.2. The van der Waals surface area contributed by atoms with Crippen LogP contribution in [0.2, 0.25) is 0 Å². The average molecular weight is 680 g/mol. The summed E-state index contributed by atoms with van der Waals surface area (Å²) in [6.45, 7) is 11.9. The van der Waals surface area contributed by atoms with Crippen molar-refractivity contribution in [2.45, 2.75) is 130 Å². The lowest BCUT2D eigenvalue weighted by molar-refractivity contribution is -0.147. The molecule has 5 rings (SSSR count). The Balaban J connectivity index is 1.35. The number of rotatable bonds is 13. The minimum absolute atomic E-state index is 0.00739. The number of fused-ring (bicyclic) bond motifs is 1. The van der Waals surface area contributed by atoms with Crippen LogP contribution in [0.25, 0.3) is 0 Å². The van der Waals surface area contributed by atoms with E-state index in [1.165, 1.54) is 18.6 Å². The Labute approximate surface area is 288 Å². The summed E-state index contributed by atoms with van der Waals surface area (Å²) < 4.78 is 0. The highest BCUT2D eigenvalue weighted by molar-refractivity contribution is 6.38. The Morgan fingerprint density at radius 2 is 1.65 bits per heavy atom. The topological polar surface area (TPSA) is 180 Å². The van der Waals surface area contributed by atoms with Crippen molar-refractivity contribution in [1.82, 2.24) is 36.1 Å². The van der Waals surface area contributed by atoms with Gasteiger partial charge in [0.15, 0.2) is 0 Å². The Hall–Kier alpha value is -3.90.